The minimum atomic E-state index is -4.55. The molecule has 0 spiro atoms. The lowest BCUT2D eigenvalue weighted by Gasteiger charge is -2.09. The van der Waals surface area contributed by atoms with E-state index in [2.05, 4.69) is 15.8 Å². The smallest absolute Gasteiger partial charge is 0.416 e. The molecule has 2 aromatic rings. The molecule has 2 rings (SSSR count). The number of ether oxygens (including phenoxy) is 1. The van der Waals surface area contributed by atoms with Crippen LogP contribution in [0.2, 0.25) is 5.02 Å². The van der Waals surface area contributed by atoms with Crippen LogP contribution in [0, 0.1) is 0 Å². The van der Waals surface area contributed by atoms with Crippen LogP contribution in [-0.4, -0.2) is 29.7 Å². The minimum Gasteiger partial charge on any atom is -0.503 e. The summed E-state index contributed by atoms with van der Waals surface area (Å²) in [5.74, 6) is -1.69. The lowest BCUT2D eigenvalue weighted by atomic mass is 10.2. The summed E-state index contributed by atoms with van der Waals surface area (Å²) in [6, 6.07) is 6.87. The number of rotatable bonds is 7. The number of anilines is 1. The molecule has 0 saturated heterocycles. The first-order valence-corrected chi connectivity index (χ1v) is 8.92. The number of carbonyl (C=O) groups is 2. The van der Waals surface area contributed by atoms with Crippen molar-refractivity contribution in [1.82, 2.24) is 5.43 Å². The van der Waals surface area contributed by atoms with Crippen molar-refractivity contribution < 1.29 is 32.6 Å². The largest absolute Gasteiger partial charge is 0.503 e. The predicted octanol–water partition coefficient (Wildman–Crippen LogP) is 3.94. The summed E-state index contributed by atoms with van der Waals surface area (Å²) in [5, 5.41) is 15.7. The minimum absolute atomic E-state index is 0.0224. The molecule has 0 aromatic heterocycles. The van der Waals surface area contributed by atoms with Gasteiger partial charge in [0.2, 0.25) is 11.8 Å². The van der Waals surface area contributed by atoms with Gasteiger partial charge in [-0.25, -0.2) is 5.43 Å². The van der Waals surface area contributed by atoms with E-state index >= 15 is 0 Å². The van der Waals surface area contributed by atoms with E-state index in [0.717, 1.165) is 18.2 Å². The maximum Gasteiger partial charge on any atom is 0.416 e. The van der Waals surface area contributed by atoms with Crippen molar-refractivity contribution in [2.75, 3.05) is 11.9 Å². The summed E-state index contributed by atoms with van der Waals surface area (Å²) < 4.78 is 43.3. The Morgan fingerprint density at radius 3 is 2.63 bits per heavy atom. The first-order chi connectivity index (χ1) is 14.1. The van der Waals surface area contributed by atoms with Gasteiger partial charge in [-0.1, -0.05) is 17.7 Å². The van der Waals surface area contributed by atoms with Gasteiger partial charge in [-0.3, -0.25) is 9.59 Å². The Hall–Kier alpha value is -3.27. The maximum atomic E-state index is 12.7. The quantitative estimate of drug-likeness (QED) is 0.343. The molecule has 30 heavy (non-hydrogen) atoms. The number of aromatic hydroxyl groups is 1. The summed E-state index contributed by atoms with van der Waals surface area (Å²) in [6.45, 7) is 2.01. The highest BCUT2D eigenvalue weighted by atomic mass is 35.5. The Labute approximate surface area is 174 Å². The first-order valence-electron chi connectivity index (χ1n) is 8.54. The summed E-state index contributed by atoms with van der Waals surface area (Å²) in [6.07, 6.45) is -3.99. The van der Waals surface area contributed by atoms with E-state index in [4.69, 9.17) is 16.3 Å². The lowest BCUT2D eigenvalue weighted by molar-refractivity contribution is -0.137. The predicted molar refractivity (Wildman–Crippen MR) is 105 cm³/mol. The molecule has 0 bridgehead atoms. The second kappa shape index (κ2) is 9.97. The molecule has 0 aliphatic carbocycles. The third kappa shape index (κ3) is 6.66. The van der Waals surface area contributed by atoms with Crippen molar-refractivity contribution in [3.05, 3.63) is 52.5 Å². The zero-order valence-electron chi connectivity index (χ0n) is 15.6. The highest BCUT2D eigenvalue weighted by molar-refractivity contribution is 6.32. The van der Waals surface area contributed by atoms with Crippen LogP contribution in [0.15, 0.2) is 41.5 Å². The van der Waals surface area contributed by atoms with Crippen molar-refractivity contribution in [2.45, 2.75) is 19.5 Å². The molecule has 2 amide bonds. The number of nitrogens with zero attached hydrogens (tertiary/aromatic N) is 1. The number of phenols is 1. The van der Waals surface area contributed by atoms with Crippen molar-refractivity contribution in [1.29, 1.82) is 0 Å². The number of alkyl halides is 3. The van der Waals surface area contributed by atoms with Crippen molar-refractivity contribution in [3.8, 4) is 11.5 Å². The van der Waals surface area contributed by atoms with Crippen LogP contribution in [0.25, 0.3) is 0 Å². The van der Waals surface area contributed by atoms with Gasteiger partial charge in [-0.05, 0) is 42.8 Å². The zero-order valence-corrected chi connectivity index (χ0v) is 16.3. The molecule has 0 radical (unpaired) electrons. The van der Waals surface area contributed by atoms with E-state index in [0.29, 0.717) is 12.2 Å². The number of carbonyl (C=O) groups excluding carboxylic acids is 2. The number of hydrazone groups is 1. The van der Waals surface area contributed by atoms with E-state index in [9.17, 15) is 27.9 Å². The summed E-state index contributed by atoms with van der Waals surface area (Å²) in [5.41, 5.74) is 1.51. The number of hydrogen-bond donors (Lipinski definition) is 3. The lowest BCUT2D eigenvalue weighted by Crippen LogP contribution is -2.24. The van der Waals surface area contributed by atoms with E-state index in [1.54, 1.807) is 6.92 Å². The third-order valence-corrected chi connectivity index (χ3v) is 3.84. The van der Waals surface area contributed by atoms with E-state index in [1.807, 2.05) is 0 Å². The van der Waals surface area contributed by atoms with Gasteiger partial charge < -0.3 is 15.2 Å². The van der Waals surface area contributed by atoms with E-state index < -0.39 is 30.0 Å². The van der Waals surface area contributed by atoms with Crippen LogP contribution in [0.1, 0.15) is 24.5 Å². The van der Waals surface area contributed by atoms with Crippen LogP contribution in [-0.2, 0) is 15.8 Å². The summed E-state index contributed by atoms with van der Waals surface area (Å²) >= 11 is 5.88. The Bertz CT molecular complexity index is 965. The van der Waals surface area contributed by atoms with Crippen LogP contribution in [0.5, 0.6) is 11.5 Å². The van der Waals surface area contributed by atoms with Crippen LogP contribution in [0.4, 0.5) is 18.9 Å². The van der Waals surface area contributed by atoms with Gasteiger partial charge >= 0.3 is 6.18 Å². The molecule has 0 aliphatic rings. The van der Waals surface area contributed by atoms with Crippen LogP contribution < -0.4 is 15.5 Å². The van der Waals surface area contributed by atoms with E-state index in [1.165, 1.54) is 24.4 Å². The molecule has 0 atom stereocenters. The fourth-order valence-corrected chi connectivity index (χ4v) is 2.50. The fraction of sp³-hybridized carbons (Fsp3) is 0.211. The number of phenolic OH excluding ortho intramolecular Hbond substituents is 1. The maximum absolute atomic E-state index is 12.7. The van der Waals surface area contributed by atoms with E-state index in [-0.39, 0.29) is 22.2 Å². The number of hydrogen-bond acceptors (Lipinski definition) is 5. The van der Waals surface area contributed by atoms with Gasteiger partial charge in [-0.2, -0.15) is 18.3 Å². The molecule has 0 heterocycles. The van der Waals surface area contributed by atoms with Crippen molar-refractivity contribution >= 4 is 35.3 Å². The molecule has 160 valence electrons. The molecule has 0 unspecified atom stereocenters. The van der Waals surface area contributed by atoms with Gasteiger partial charge in [0.15, 0.2) is 11.5 Å². The molecule has 2 aromatic carbocycles. The molecule has 7 nitrogen and oxygen atoms in total. The standard InChI is InChI=1S/C19H17ClF3N3O4/c1-2-30-15-7-11(6-14(20)18(15)29)10-24-26-17(28)9-16(27)25-13-5-3-4-12(8-13)19(21,22)23/h3-8,10,29H,2,9H2,1H3,(H,25,27)(H,26,28). The normalized spacial score (nSPS) is 11.4. The highest BCUT2D eigenvalue weighted by Gasteiger charge is 2.30. The van der Waals surface area contributed by atoms with Crippen molar-refractivity contribution in [2.24, 2.45) is 5.10 Å². The highest BCUT2D eigenvalue weighted by Crippen LogP contribution is 2.34. The fourth-order valence-electron chi connectivity index (χ4n) is 2.28. The van der Waals surface area contributed by atoms with Gasteiger partial charge in [0.25, 0.3) is 0 Å². The molecule has 0 saturated carbocycles. The number of benzene rings is 2. The van der Waals surface area contributed by atoms with Crippen LogP contribution >= 0.6 is 11.6 Å². The SMILES string of the molecule is CCOc1cc(C=NNC(=O)CC(=O)Nc2cccc(C(F)(F)F)c2)cc(Cl)c1O. The second-order valence-electron chi connectivity index (χ2n) is 5.88. The molecule has 0 fully saturated rings. The average Bonchev–Trinajstić information content (AvgIpc) is 2.65. The number of nitrogens with one attached hydrogen (secondary N) is 2. The third-order valence-electron chi connectivity index (χ3n) is 3.55. The Balaban J connectivity index is 1.92. The van der Waals surface area contributed by atoms with Gasteiger partial charge in [0.1, 0.15) is 6.42 Å². The second-order valence-corrected chi connectivity index (χ2v) is 6.29. The molecule has 3 N–H and O–H groups in total. The Morgan fingerprint density at radius 1 is 1.23 bits per heavy atom. The molecular formula is C19H17ClF3N3O4. The number of amides is 2. The average molecular weight is 444 g/mol. The number of halogens is 4. The first kappa shape index (κ1) is 23.0. The van der Waals surface area contributed by atoms with Gasteiger partial charge in [0.05, 0.1) is 23.4 Å². The van der Waals surface area contributed by atoms with Gasteiger partial charge in [-0.15, -0.1) is 0 Å². The molecular weight excluding hydrogens is 427 g/mol. The van der Waals surface area contributed by atoms with Gasteiger partial charge in [0, 0.05) is 5.69 Å². The monoisotopic (exact) mass is 443 g/mol. The Morgan fingerprint density at radius 2 is 1.97 bits per heavy atom. The Kier molecular flexibility index (Phi) is 7.65. The zero-order chi connectivity index (χ0) is 22.3. The van der Waals surface area contributed by atoms with Crippen LogP contribution in [0.3, 0.4) is 0 Å². The molecule has 11 heteroatoms. The summed E-state index contributed by atoms with van der Waals surface area (Å²) in [4.78, 5) is 23.6. The topological polar surface area (TPSA) is 100 Å². The molecule has 0 aliphatic heterocycles. The summed E-state index contributed by atoms with van der Waals surface area (Å²) in [7, 11) is 0. The van der Waals surface area contributed by atoms with Crippen molar-refractivity contribution in [3.63, 3.8) is 0 Å².